The minimum Gasteiger partial charge on any atom is -0.368 e. The Labute approximate surface area is 125 Å². The SMILES string of the molecule is CN(C)Cc1cnc2n1CCN(C(=O)[C@H]1CCCO1)CC2. The molecule has 0 bridgehead atoms. The van der Waals surface area contributed by atoms with E-state index in [0.717, 1.165) is 57.9 Å². The first-order chi connectivity index (χ1) is 10.1. The van der Waals surface area contributed by atoms with Crippen molar-refractivity contribution in [1.29, 1.82) is 0 Å². The molecule has 2 aliphatic rings. The second-order valence-corrected chi connectivity index (χ2v) is 6.13. The highest BCUT2D eigenvalue weighted by atomic mass is 16.5. The van der Waals surface area contributed by atoms with Gasteiger partial charge in [0.25, 0.3) is 5.91 Å². The van der Waals surface area contributed by atoms with E-state index < -0.39 is 0 Å². The summed E-state index contributed by atoms with van der Waals surface area (Å²) in [5.74, 6) is 1.25. The van der Waals surface area contributed by atoms with E-state index in [9.17, 15) is 4.79 Å². The molecular weight excluding hydrogens is 268 g/mol. The first-order valence-corrected chi connectivity index (χ1v) is 7.73. The average Bonchev–Trinajstić information content (AvgIpc) is 3.04. The highest BCUT2D eigenvalue weighted by molar-refractivity contribution is 5.81. The van der Waals surface area contributed by atoms with Gasteiger partial charge in [-0.05, 0) is 26.9 Å². The molecule has 2 aliphatic heterocycles. The molecule has 6 nitrogen and oxygen atoms in total. The number of ether oxygens (including phenoxy) is 1. The molecule has 0 aromatic carbocycles. The molecule has 0 N–H and O–H groups in total. The molecule has 1 aromatic rings. The Balaban J connectivity index is 1.67. The summed E-state index contributed by atoms with van der Waals surface area (Å²) in [5, 5.41) is 0. The van der Waals surface area contributed by atoms with Gasteiger partial charge in [0.05, 0.1) is 5.69 Å². The van der Waals surface area contributed by atoms with E-state index in [4.69, 9.17) is 4.74 Å². The van der Waals surface area contributed by atoms with Crippen LogP contribution in [0.5, 0.6) is 0 Å². The zero-order valence-electron chi connectivity index (χ0n) is 12.9. The first-order valence-electron chi connectivity index (χ1n) is 7.73. The highest BCUT2D eigenvalue weighted by Gasteiger charge is 2.29. The quantitative estimate of drug-likeness (QED) is 0.814. The van der Waals surface area contributed by atoms with Crippen LogP contribution < -0.4 is 0 Å². The van der Waals surface area contributed by atoms with Crippen LogP contribution in [0.15, 0.2) is 6.20 Å². The molecule has 1 atom stereocenters. The lowest BCUT2D eigenvalue weighted by Gasteiger charge is -2.23. The maximum atomic E-state index is 12.5. The second kappa shape index (κ2) is 6.15. The fourth-order valence-electron chi connectivity index (χ4n) is 3.14. The van der Waals surface area contributed by atoms with Crippen LogP contribution >= 0.6 is 0 Å². The van der Waals surface area contributed by atoms with E-state index in [0.29, 0.717) is 0 Å². The van der Waals surface area contributed by atoms with Gasteiger partial charge in [-0.15, -0.1) is 0 Å². The number of hydrogen-bond donors (Lipinski definition) is 0. The molecule has 1 amide bonds. The van der Waals surface area contributed by atoms with E-state index in [1.807, 2.05) is 11.1 Å². The number of amides is 1. The molecule has 0 saturated carbocycles. The number of imidazole rings is 1. The Morgan fingerprint density at radius 3 is 3.00 bits per heavy atom. The molecule has 0 radical (unpaired) electrons. The Bertz CT molecular complexity index is 506. The van der Waals surface area contributed by atoms with Crippen LogP contribution in [0.4, 0.5) is 0 Å². The van der Waals surface area contributed by atoms with Gasteiger partial charge in [-0.3, -0.25) is 4.79 Å². The molecular formula is C15H24N4O2. The number of carbonyl (C=O) groups is 1. The zero-order valence-corrected chi connectivity index (χ0v) is 12.9. The predicted octanol–water partition coefficient (Wildman–Crippen LogP) is 0.508. The summed E-state index contributed by atoms with van der Waals surface area (Å²) in [6, 6.07) is 0. The van der Waals surface area contributed by atoms with Crippen LogP contribution in [-0.2, 0) is 29.0 Å². The number of carbonyl (C=O) groups excluding carboxylic acids is 1. The van der Waals surface area contributed by atoms with Crippen LogP contribution in [0.1, 0.15) is 24.4 Å². The molecule has 1 saturated heterocycles. The lowest BCUT2D eigenvalue weighted by molar-refractivity contribution is -0.140. The number of rotatable bonds is 3. The van der Waals surface area contributed by atoms with Crippen molar-refractivity contribution >= 4 is 5.91 Å². The molecule has 1 aromatic heterocycles. The molecule has 6 heteroatoms. The summed E-state index contributed by atoms with van der Waals surface area (Å²) in [6.07, 6.45) is 4.44. The van der Waals surface area contributed by atoms with Gasteiger partial charge in [0.1, 0.15) is 11.9 Å². The van der Waals surface area contributed by atoms with Crippen LogP contribution in [-0.4, -0.2) is 65.2 Å². The van der Waals surface area contributed by atoms with Crippen LogP contribution in [0, 0.1) is 0 Å². The van der Waals surface area contributed by atoms with Gasteiger partial charge >= 0.3 is 0 Å². The Kier molecular flexibility index (Phi) is 4.26. The van der Waals surface area contributed by atoms with Crippen LogP contribution in [0.3, 0.4) is 0 Å². The minimum atomic E-state index is -0.211. The molecule has 0 unspecified atom stereocenters. The number of aromatic nitrogens is 2. The van der Waals surface area contributed by atoms with Crippen molar-refractivity contribution in [3.63, 3.8) is 0 Å². The highest BCUT2D eigenvalue weighted by Crippen LogP contribution is 2.18. The molecule has 0 aliphatic carbocycles. The van der Waals surface area contributed by atoms with Crippen molar-refractivity contribution in [2.75, 3.05) is 33.8 Å². The monoisotopic (exact) mass is 292 g/mol. The van der Waals surface area contributed by atoms with Gasteiger partial charge < -0.3 is 19.1 Å². The van der Waals surface area contributed by atoms with E-state index in [1.54, 1.807) is 0 Å². The third-order valence-electron chi connectivity index (χ3n) is 4.21. The van der Waals surface area contributed by atoms with Crippen LogP contribution in [0.2, 0.25) is 0 Å². The molecule has 116 valence electrons. The Morgan fingerprint density at radius 2 is 2.29 bits per heavy atom. The summed E-state index contributed by atoms with van der Waals surface area (Å²) in [7, 11) is 4.12. The normalized spacial score (nSPS) is 22.4. The minimum absolute atomic E-state index is 0.160. The standard InChI is InChI=1S/C15H24N4O2/c1-17(2)11-12-10-16-14-5-6-18(7-8-19(12)14)15(20)13-4-3-9-21-13/h10,13H,3-9,11H2,1-2H3/t13-/m1/s1. The van der Waals surface area contributed by atoms with E-state index in [2.05, 4.69) is 28.5 Å². The molecule has 0 spiro atoms. The van der Waals surface area contributed by atoms with Crippen LogP contribution in [0.25, 0.3) is 0 Å². The lowest BCUT2D eigenvalue weighted by atomic mass is 10.2. The number of fused-ring (bicyclic) bond motifs is 1. The summed E-state index contributed by atoms with van der Waals surface area (Å²) in [5.41, 5.74) is 1.22. The zero-order chi connectivity index (χ0) is 14.8. The van der Waals surface area contributed by atoms with Crippen molar-refractivity contribution in [3.8, 4) is 0 Å². The fraction of sp³-hybridized carbons (Fsp3) is 0.733. The van der Waals surface area contributed by atoms with Crippen molar-refractivity contribution in [2.45, 2.75) is 38.5 Å². The first kappa shape index (κ1) is 14.5. The second-order valence-electron chi connectivity index (χ2n) is 6.13. The summed E-state index contributed by atoms with van der Waals surface area (Å²) in [6.45, 7) is 3.93. The fourth-order valence-corrected chi connectivity index (χ4v) is 3.14. The number of hydrogen-bond acceptors (Lipinski definition) is 4. The molecule has 3 rings (SSSR count). The van der Waals surface area contributed by atoms with Gasteiger partial charge in [-0.1, -0.05) is 0 Å². The van der Waals surface area contributed by atoms with Gasteiger partial charge in [0.2, 0.25) is 0 Å². The maximum absolute atomic E-state index is 12.5. The van der Waals surface area contributed by atoms with E-state index in [1.165, 1.54) is 5.69 Å². The van der Waals surface area contributed by atoms with Crippen molar-refractivity contribution in [1.82, 2.24) is 19.4 Å². The van der Waals surface area contributed by atoms with Crippen molar-refractivity contribution < 1.29 is 9.53 Å². The third kappa shape index (κ3) is 3.11. The summed E-state index contributed by atoms with van der Waals surface area (Å²) in [4.78, 5) is 21.1. The lowest BCUT2D eigenvalue weighted by Crippen LogP contribution is -2.40. The molecule has 3 heterocycles. The topological polar surface area (TPSA) is 50.6 Å². The van der Waals surface area contributed by atoms with Crippen molar-refractivity contribution in [2.24, 2.45) is 0 Å². The van der Waals surface area contributed by atoms with E-state index >= 15 is 0 Å². The van der Waals surface area contributed by atoms with Gasteiger partial charge in [0, 0.05) is 45.4 Å². The summed E-state index contributed by atoms with van der Waals surface area (Å²) < 4.78 is 7.79. The maximum Gasteiger partial charge on any atom is 0.251 e. The predicted molar refractivity (Wildman–Crippen MR) is 78.9 cm³/mol. The Morgan fingerprint density at radius 1 is 1.43 bits per heavy atom. The summed E-state index contributed by atoms with van der Waals surface area (Å²) >= 11 is 0. The van der Waals surface area contributed by atoms with Crippen molar-refractivity contribution in [3.05, 3.63) is 17.7 Å². The third-order valence-corrected chi connectivity index (χ3v) is 4.21. The smallest absolute Gasteiger partial charge is 0.251 e. The van der Waals surface area contributed by atoms with Gasteiger partial charge in [-0.2, -0.15) is 0 Å². The molecule has 1 fully saturated rings. The Hall–Kier alpha value is -1.40. The van der Waals surface area contributed by atoms with Gasteiger partial charge in [-0.25, -0.2) is 4.98 Å². The molecule has 21 heavy (non-hydrogen) atoms. The average molecular weight is 292 g/mol. The van der Waals surface area contributed by atoms with E-state index in [-0.39, 0.29) is 12.0 Å². The largest absolute Gasteiger partial charge is 0.368 e. The number of nitrogens with zero attached hydrogens (tertiary/aromatic N) is 4. The van der Waals surface area contributed by atoms with Gasteiger partial charge in [0.15, 0.2) is 0 Å².